The molecule has 1 aromatic carbocycles. The van der Waals surface area contributed by atoms with Crippen LogP contribution >= 0.6 is 11.8 Å². The first-order valence-electron chi connectivity index (χ1n) is 9.26. The SMILES string of the molecule is COc1ccc2c(c1OC)C(=O)N1[C@@H]2SC(C)(C)[C@H]1C(=O)Nc1cc(C)n(C)n1. The fourth-order valence-electron chi connectivity index (χ4n) is 4.07. The number of hydrogen-bond donors (Lipinski definition) is 1. The van der Waals surface area contributed by atoms with E-state index >= 15 is 0 Å². The quantitative estimate of drug-likeness (QED) is 0.825. The smallest absolute Gasteiger partial charge is 0.260 e. The van der Waals surface area contributed by atoms with E-state index in [0.29, 0.717) is 22.9 Å². The molecule has 0 unspecified atom stereocenters. The lowest BCUT2D eigenvalue weighted by Gasteiger charge is -2.29. The highest BCUT2D eigenvalue weighted by Gasteiger charge is 2.58. The molecule has 2 aromatic rings. The minimum Gasteiger partial charge on any atom is -0.493 e. The van der Waals surface area contributed by atoms with Crippen molar-refractivity contribution in [2.24, 2.45) is 7.05 Å². The van der Waals surface area contributed by atoms with Gasteiger partial charge in [0.15, 0.2) is 17.3 Å². The first-order valence-corrected chi connectivity index (χ1v) is 10.1. The summed E-state index contributed by atoms with van der Waals surface area (Å²) in [7, 11) is 4.87. The summed E-state index contributed by atoms with van der Waals surface area (Å²) in [6, 6.07) is 4.82. The van der Waals surface area contributed by atoms with Crippen LogP contribution in [0.2, 0.25) is 0 Å². The minimum absolute atomic E-state index is 0.226. The summed E-state index contributed by atoms with van der Waals surface area (Å²) in [5.74, 6) is 0.895. The Morgan fingerprint density at radius 3 is 2.59 bits per heavy atom. The molecule has 1 saturated heterocycles. The molecule has 1 aromatic heterocycles. The van der Waals surface area contributed by atoms with Gasteiger partial charge in [-0.05, 0) is 26.8 Å². The molecule has 0 aliphatic carbocycles. The van der Waals surface area contributed by atoms with Crippen LogP contribution in [0, 0.1) is 6.92 Å². The van der Waals surface area contributed by atoms with Crippen LogP contribution in [-0.4, -0.2) is 51.5 Å². The molecule has 154 valence electrons. The van der Waals surface area contributed by atoms with Crippen LogP contribution in [0.4, 0.5) is 5.82 Å². The summed E-state index contributed by atoms with van der Waals surface area (Å²) in [5.41, 5.74) is 2.24. The summed E-state index contributed by atoms with van der Waals surface area (Å²) in [6.45, 7) is 5.88. The largest absolute Gasteiger partial charge is 0.493 e. The monoisotopic (exact) mass is 416 g/mol. The van der Waals surface area contributed by atoms with E-state index in [4.69, 9.17) is 9.47 Å². The molecule has 0 saturated carbocycles. The Morgan fingerprint density at radius 1 is 1.28 bits per heavy atom. The van der Waals surface area contributed by atoms with E-state index in [9.17, 15) is 9.59 Å². The maximum Gasteiger partial charge on any atom is 0.260 e. The molecule has 2 amide bonds. The van der Waals surface area contributed by atoms with Gasteiger partial charge in [-0.15, -0.1) is 11.8 Å². The van der Waals surface area contributed by atoms with Gasteiger partial charge in [0.25, 0.3) is 5.91 Å². The third-order valence-electron chi connectivity index (χ3n) is 5.51. The van der Waals surface area contributed by atoms with E-state index in [1.807, 2.05) is 33.9 Å². The molecular weight excluding hydrogens is 392 g/mol. The lowest BCUT2D eigenvalue weighted by molar-refractivity contribution is -0.121. The maximum absolute atomic E-state index is 13.4. The second kappa shape index (κ2) is 6.69. The molecule has 2 aliphatic rings. The van der Waals surface area contributed by atoms with Crippen LogP contribution in [0.3, 0.4) is 0 Å². The zero-order valence-electron chi connectivity index (χ0n) is 17.3. The van der Waals surface area contributed by atoms with E-state index in [-0.39, 0.29) is 17.2 Å². The van der Waals surface area contributed by atoms with Crippen molar-refractivity contribution in [1.29, 1.82) is 0 Å². The summed E-state index contributed by atoms with van der Waals surface area (Å²) in [5, 5.41) is 6.92. The molecule has 8 nitrogen and oxygen atoms in total. The van der Waals surface area contributed by atoms with Crippen molar-refractivity contribution in [1.82, 2.24) is 14.7 Å². The lowest BCUT2D eigenvalue weighted by Crippen LogP contribution is -2.50. The first-order chi connectivity index (χ1) is 13.7. The Balaban J connectivity index is 1.72. The number of benzene rings is 1. The van der Waals surface area contributed by atoms with Gasteiger partial charge in [0.2, 0.25) is 5.91 Å². The molecule has 4 rings (SSSR count). The number of methoxy groups -OCH3 is 2. The fourth-order valence-corrected chi connectivity index (χ4v) is 5.65. The van der Waals surface area contributed by atoms with Gasteiger partial charge < -0.3 is 19.7 Å². The third-order valence-corrected chi connectivity index (χ3v) is 7.05. The molecule has 2 aliphatic heterocycles. The van der Waals surface area contributed by atoms with Crippen molar-refractivity contribution >= 4 is 29.4 Å². The maximum atomic E-state index is 13.4. The Hall–Kier alpha value is -2.68. The van der Waals surface area contributed by atoms with E-state index in [0.717, 1.165) is 11.3 Å². The number of thioether (sulfide) groups is 1. The number of carbonyl (C=O) groups excluding carboxylic acids is 2. The number of anilines is 1. The zero-order chi connectivity index (χ0) is 21.1. The van der Waals surface area contributed by atoms with Gasteiger partial charge in [-0.3, -0.25) is 14.3 Å². The highest BCUT2D eigenvalue weighted by molar-refractivity contribution is 8.01. The Bertz CT molecular complexity index is 997. The van der Waals surface area contributed by atoms with Gasteiger partial charge in [-0.2, -0.15) is 5.10 Å². The lowest BCUT2D eigenvalue weighted by atomic mass is 10.0. The normalized spacial score (nSPS) is 21.7. The van der Waals surface area contributed by atoms with Gasteiger partial charge in [0, 0.05) is 29.1 Å². The second-order valence-electron chi connectivity index (χ2n) is 7.74. The second-order valence-corrected chi connectivity index (χ2v) is 9.47. The molecule has 29 heavy (non-hydrogen) atoms. The van der Waals surface area contributed by atoms with Crippen LogP contribution in [0.1, 0.15) is 40.8 Å². The van der Waals surface area contributed by atoms with Gasteiger partial charge in [0.05, 0.1) is 19.8 Å². The van der Waals surface area contributed by atoms with E-state index in [1.54, 1.807) is 33.5 Å². The molecule has 1 fully saturated rings. The standard InChI is InChI=1S/C20H24N4O4S/c1-10-9-13(22-23(10)4)21-17(25)16-20(2,3)29-19-11-7-8-12(27-5)15(28-6)14(11)18(26)24(16)19/h7-9,16,19H,1-6H3,(H,21,22,25)/t16-,19-/m1/s1. The van der Waals surface area contributed by atoms with Crippen molar-refractivity contribution in [2.45, 2.75) is 36.9 Å². The van der Waals surface area contributed by atoms with Gasteiger partial charge in [-0.1, -0.05) is 6.07 Å². The molecule has 3 heterocycles. The van der Waals surface area contributed by atoms with Crippen LogP contribution in [0.25, 0.3) is 0 Å². The minimum atomic E-state index is -0.657. The average molecular weight is 417 g/mol. The molecule has 0 bridgehead atoms. The predicted molar refractivity (Wildman–Crippen MR) is 110 cm³/mol. The summed E-state index contributed by atoms with van der Waals surface area (Å²) < 4.78 is 12.0. The number of hydrogen-bond acceptors (Lipinski definition) is 6. The Morgan fingerprint density at radius 2 is 2.00 bits per heavy atom. The van der Waals surface area contributed by atoms with E-state index in [2.05, 4.69) is 10.4 Å². The van der Waals surface area contributed by atoms with Crippen LogP contribution in [-0.2, 0) is 11.8 Å². The van der Waals surface area contributed by atoms with Crippen molar-refractivity contribution in [3.8, 4) is 11.5 Å². The average Bonchev–Trinajstić information content (AvgIpc) is 3.22. The topological polar surface area (TPSA) is 85.7 Å². The van der Waals surface area contributed by atoms with Crippen molar-refractivity contribution in [3.63, 3.8) is 0 Å². The number of fused-ring (bicyclic) bond motifs is 3. The summed E-state index contributed by atoms with van der Waals surface area (Å²) in [4.78, 5) is 28.3. The predicted octanol–water partition coefficient (Wildman–Crippen LogP) is 2.73. The highest BCUT2D eigenvalue weighted by atomic mass is 32.2. The zero-order valence-corrected chi connectivity index (χ0v) is 18.1. The van der Waals surface area contributed by atoms with Crippen LogP contribution in [0.5, 0.6) is 11.5 Å². The molecular formula is C20H24N4O4S. The molecule has 9 heteroatoms. The molecule has 1 N–H and O–H groups in total. The van der Waals surface area contributed by atoms with Crippen LogP contribution in [0.15, 0.2) is 18.2 Å². The van der Waals surface area contributed by atoms with Gasteiger partial charge >= 0.3 is 0 Å². The number of aryl methyl sites for hydroxylation is 2. The Labute approximate surface area is 173 Å². The molecule has 0 radical (unpaired) electrons. The Kier molecular flexibility index (Phi) is 4.53. The van der Waals surface area contributed by atoms with Gasteiger partial charge in [-0.25, -0.2) is 0 Å². The highest BCUT2D eigenvalue weighted by Crippen LogP contribution is 2.58. The van der Waals surface area contributed by atoms with Crippen LogP contribution < -0.4 is 14.8 Å². The van der Waals surface area contributed by atoms with Crippen molar-refractivity contribution in [3.05, 3.63) is 35.0 Å². The van der Waals surface area contributed by atoms with Crippen molar-refractivity contribution in [2.75, 3.05) is 19.5 Å². The number of rotatable bonds is 4. The van der Waals surface area contributed by atoms with E-state index in [1.165, 1.54) is 14.2 Å². The summed E-state index contributed by atoms with van der Waals surface area (Å²) >= 11 is 1.60. The number of amides is 2. The summed E-state index contributed by atoms with van der Waals surface area (Å²) in [6.07, 6.45) is 0. The molecule has 0 spiro atoms. The number of ether oxygens (including phenoxy) is 2. The van der Waals surface area contributed by atoms with Crippen molar-refractivity contribution < 1.29 is 19.1 Å². The van der Waals surface area contributed by atoms with E-state index < -0.39 is 10.8 Å². The van der Waals surface area contributed by atoms with Gasteiger partial charge in [0.1, 0.15) is 11.4 Å². The third kappa shape index (κ3) is 2.87. The fraction of sp³-hybridized carbons (Fsp3) is 0.450. The first kappa shape index (κ1) is 19.6. The number of aromatic nitrogens is 2. The number of nitrogens with one attached hydrogen (secondary N) is 1. The number of nitrogens with zero attached hydrogens (tertiary/aromatic N) is 3. The number of carbonyl (C=O) groups is 2. The molecule has 2 atom stereocenters.